The largest absolute Gasteiger partial charge is 0.496 e. The minimum Gasteiger partial charge on any atom is -0.496 e. The van der Waals surface area contributed by atoms with Crippen LogP contribution in [0.2, 0.25) is 0 Å². The molecule has 1 rings (SSSR count). The van der Waals surface area contributed by atoms with E-state index in [0.29, 0.717) is 0 Å². The van der Waals surface area contributed by atoms with E-state index in [0.717, 1.165) is 43.7 Å². The first-order chi connectivity index (χ1) is 10.2. The number of hydrogen-bond donors (Lipinski definition) is 2. The van der Waals surface area contributed by atoms with Crippen LogP contribution in [0.5, 0.6) is 5.75 Å². The maximum Gasteiger partial charge on any atom is 0.132 e. The van der Waals surface area contributed by atoms with Gasteiger partial charge in [-0.1, -0.05) is 26.0 Å². The second-order valence-electron chi connectivity index (χ2n) is 5.32. The summed E-state index contributed by atoms with van der Waals surface area (Å²) < 4.78 is 5.37. The van der Waals surface area contributed by atoms with E-state index in [9.17, 15) is 5.11 Å². The fourth-order valence-electron chi connectivity index (χ4n) is 2.36. The molecule has 2 N–H and O–H groups in total. The predicted molar refractivity (Wildman–Crippen MR) is 91.4 cm³/mol. The van der Waals surface area contributed by atoms with Crippen molar-refractivity contribution in [3.8, 4) is 5.75 Å². The van der Waals surface area contributed by atoms with Gasteiger partial charge in [0.05, 0.1) is 13.7 Å². The highest BCUT2D eigenvalue weighted by molar-refractivity contribution is 7.99. The van der Waals surface area contributed by atoms with Gasteiger partial charge in [0.2, 0.25) is 0 Å². The van der Waals surface area contributed by atoms with Crippen molar-refractivity contribution in [3.05, 3.63) is 24.3 Å². The van der Waals surface area contributed by atoms with Crippen LogP contribution < -0.4 is 10.1 Å². The number of methoxy groups -OCH3 is 1. The van der Waals surface area contributed by atoms with Gasteiger partial charge in [0.15, 0.2) is 0 Å². The summed E-state index contributed by atoms with van der Waals surface area (Å²) in [6.45, 7) is 5.48. The smallest absolute Gasteiger partial charge is 0.132 e. The van der Waals surface area contributed by atoms with Crippen LogP contribution in [-0.4, -0.2) is 36.7 Å². The number of ether oxygens (including phenoxy) is 1. The van der Waals surface area contributed by atoms with Crippen LogP contribution in [-0.2, 0) is 0 Å². The lowest BCUT2D eigenvalue weighted by Crippen LogP contribution is -2.48. The molecular formula is C17H29NO2S. The van der Waals surface area contributed by atoms with Crippen molar-refractivity contribution >= 4 is 11.8 Å². The molecule has 0 aliphatic heterocycles. The number of nitrogens with one attached hydrogen (secondary N) is 1. The van der Waals surface area contributed by atoms with E-state index in [2.05, 4.69) is 25.2 Å². The van der Waals surface area contributed by atoms with Gasteiger partial charge in [-0.15, -0.1) is 11.8 Å². The maximum absolute atomic E-state index is 9.71. The highest BCUT2D eigenvalue weighted by Gasteiger charge is 2.25. The Balaban J connectivity index is 2.43. The third-order valence-corrected chi connectivity index (χ3v) is 5.00. The zero-order valence-corrected chi connectivity index (χ0v) is 14.3. The maximum atomic E-state index is 9.71. The van der Waals surface area contributed by atoms with Crippen LogP contribution in [0.3, 0.4) is 0 Å². The van der Waals surface area contributed by atoms with E-state index in [-0.39, 0.29) is 12.1 Å². The summed E-state index contributed by atoms with van der Waals surface area (Å²) >= 11 is 1.82. The van der Waals surface area contributed by atoms with Crippen LogP contribution in [0.15, 0.2) is 29.2 Å². The molecule has 0 heterocycles. The van der Waals surface area contributed by atoms with Gasteiger partial charge < -0.3 is 15.2 Å². The summed E-state index contributed by atoms with van der Waals surface area (Å²) in [6.07, 6.45) is 4.14. The molecule has 0 amide bonds. The van der Waals surface area contributed by atoms with Crippen molar-refractivity contribution < 1.29 is 9.84 Å². The molecule has 0 fully saturated rings. The lowest BCUT2D eigenvalue weighted by molar-refractivity contribution is 0.146. The second kappa shape index (κ2) is 10.1. The minimum absolute atomic E-state index is 0.114. The molecule has 1 aromatic carbocycles. The molecule has 0 bridgehead atoms. The second-order valence-corrected chi connectivity index (χ2v) is 6.46. The van der Waals surface area contributed by atoms with Gasteiger partial charge in [-0.2, -0.15) is 0 Å². The molecule has 0 aliphatic rings. The normalized spacial score (nSPS) is 13.9. The van der Waals surface area contributed by atoms with E-state index >= 15 is 0 Å². The molecule has 21 heavy (non-hydrogen) atoms. The van der Waals surface area contributed by atoms with Crippen molar-refractivity contribution in [1.29, 1.82) is 0 Å². The van der Waals surface area contributed by atoms with Gasteiger partial charge in [0.1, 0.15) is 5.75 Å². The fourth-order valence-corrected chi connectivity index (χ4v) is 3.33. The number of rotatable bonds is 11. The molecule has 1 unspecified atom stereocenters. The Labute approximate surface area is 133 Å². The first kappa shape index (κ1) is 18.3. The molecule has 0 radical (unpaired) electrons. The van der Waals surface area contributed by atoms with Gasteiger partial charge in [0, 0.05) is 10.4 Å². The van der Waals surface area contributed by atoms with Crippen molar-refractivity contribution in [2.45, 2.75) is 50.0 Å². The minimum atomic E-state index is -0.114. The molecule has 0 aliphatic carbocycles. The van der Waals surface area contributed by atoms with Crippen LogP contribution in [0.4, 0.5) is 0 Å². The molecule has 0 saturated heterocycles. The lowest BCUT2D eigenvalue weighted by atomic mass is 9.91. The van der Waals surface area contributed by atoms with E-state index in [1.165, 1.54) is 4.90 Å². The SMILES string of the molecule is CCCNC(CC)(CO)CCCSc1ccccc1OC. The zero-order chi connectivity index (χ0) is 15.6. The molecular weight excluding hydrogens is 282 g/mol. The Morgan fingerprint density at radius 2 is 2.05 bits per heavy atom. The summed E-state index contributed by atoms with van der Waals surface area (Å²) in [6, 6.07) is 8.12. The number of hydrogen-bond acceptors (Lipinski definition) is 4. The number of aliphatic hydroxyl groups excluding tert-OH is 1. The van der Waals surface area contributed by atoms with Crippen molar-refractivity contribution in [3.63, 3.8) is 0 Å². The van der Waals surface area contributed by atoms with Crippen molar-refractivity contribution in [1.82, 2.24) is 5.32 Å². The highest BCUT2D eigenvalue weighted by atomic mass is 32.2. The van der Waals surface area contributed by atoms with Crippen LogP contribution in [0.1, 0.15) is 39.5 Å². The molecule has 3 nitrogen and oxygen atoms in total. The highest BCUT2D eigenvalue weighted by Crippen LogP contribution is 2.30. The zero-order valence-electron chi connectivity index (χ0n) is 13.5. The Kier molecular flexibility index (Phi) is 8.81. The summed E-state index contributed by atoms with van der Waals surface area (Å²) in [5.74, 6) is 1.98. The first-order valence-electron chi connectivity index (χ1n) is 7.83. The molecule has 0 aromatic heterocycles. The summed E-state index contributed by atoms with van der Waals surface area (Å²) in [5.41, 5.74) is -0.114. The van der Waals surface area contributed by atoms with Gasteiger partial charge in [-0.25, -0.2) is 0 Å². The molecule has 0 spiro atoms. The third-order valence-electron chi connectivity index (χ3n) is 3.86. The van der Waals surface area contributed by atoms with Gasteiger partial charge in [-0.3, -0.25) is 0 Å². The fraction of sp³-hybridized carbons (Fsp3) is 0.647. The standard InChI is InChI=1S/C17H29NO2S/c1-4-12-18-17(5-2,14-19)11-8-13-21-16-10-7-6-9-15(16)20-3/h6-7,9-10,18-19H,4-5,8,11-14H2,1-3H3. The Hall–Kier alpha value is -0.710. The average molecular weight is 311 g/mol. The number of aliphatic hydroxyl groups is 1. The summed E-state index contributed by atoms with van der Waals surface area (Å²) in [4.78, 5) is 1.19. The molecule has 0 saturated carbocycles. The Morgan fingerprint density at radius 3 is 2.67 bits per heavy atom. The molecule has 1 atom stereocenters. The van der Waals surface area contributed by atoms with E-state index in [1.54, 1.807) is 7.11 Å². The monoisotopic (exact) mass is 311 g/mol. The quantitative estimate of drug-likeness (QED) is 0.483. The number of benzene rings is 1. The third kappa shape index (κ3) is 5.89. The average Bonchev–Trinajstić information content (AvgIpc) is 2.55. The van der Waals surface area contributed by atoms with Crippen LogP contribution in [0, 0.1) is 0 Å². The van der Waals surface area contributed by atoms with Crippen molar-refractivity contribution in [2.24, 2.45) is 0 Å². The van der Waals surface area contributed by atoms with E-state index in [4.69, 9.17) is 4.74 Å². The number of para-hydroxylation sites is 1. The van der Waals surface area contributed by atoms with Gasteiger partial charge in [-0.05, 0) is 50.1 Å². The Bertz CT molecular complexity index is 394. The molecule has 4 heteroatoms. The predicted octanol–water partition coefficient (Wildman–Crippen LogP) is 3.71. The van der Waals surface area contributed by atoms with E-state index in [1.807, 2.05) is 30.0 Å². The van der Waals surface area contributed by atoms with Gasteiger partial charge in [0.25, 0.3) is 0 Å². The molecule has 1 aromatic rings. The van der Waals surface area contributed by atoms with Crippen LogP contribution in [0.25, 0.3) is 0 Å². The van der Waals surface area contributed by atoms with Crippen molar-refractivity contribution in [2.75, 3.05) is 26.0 Å². The lowest BCUT2D eigenvalue weighted by Gasteiger charge is -2.32. The topological polar surface area (TPSA) is 41.5 Å². The van der Waals surface area contributed by atoms with Crippen LogP contribution >= 0.6 is 11.8 Å². The summed E-state index contributed by atoms with van der Waals surface area (Å²) in [5, 5.41) is 13.2. The van der Waals surface area contributed by atoms with E-state index < -0.39 is 0 Å². The molecule has 120 valence electrons. The Morgan fingerprint density at radius 1 is 1.29 bits per heavy atom. The first-order valence-corrected chi connectivity index (χ1v) is 8.81. The number of thioether (sulfide) groups is 1. The summed E-state index contributed by atoms with van der Waals surface area (Å²) in [7, 11) is 1.71. The van der Waals surface area contributed by atoms with Gasteiger partial charge >= 0.3 is 0 Å².